The molecule has 0 atom stereocenters. The van der Waals surface area contributed by atoms with Gasteiger partial charge in [-0.2, -0.15) is 0 Å². The van der Waals surface area contributed by atoms with E-state index in [4.69, 9.17) is 4.74 Å². The van der Waals surface area contributed by atoms with Gasteiger partial charge in [-0.15, -0.1) is 0 Å². The molecule has 1 heterocycles. The van der Waals surface area contributed by atoms with Crippen LogP contribution in [0, 0.1) is 5.92 Å². The summed E-state index contributed by atoms with van der Waals surface area (Å²) in [6.45, 7) is 8.17. The summed E-state index contributed by atoms with van der Waals surface area (Å²) < 4.78 is 6.00. The number of carboxylic acids is 1. The van der Waals surface area contributed by atoms with E-state index in [0.717, 1.165) is 33.6 Å². The lowest BCUT2D eigenvalue weighted by Gasteiger charge is -2.22. The number of phenols is 1. The molecule has 0 unspecified atom stereocenters. The number of hydrogen-bond acceptors (Lipinski definition) is 3. The largest absolute Gasteiger partial charge is 0.508 e. The summed E-state index contributed by atoms with van der Waals surface area (Å²) in [5, 5.41) is 21.4. The SMILES string of the molecule is C=c1ccc2c(c1)Oc1cc(O)ccc1C=2c1ccc(CC(C)C)cc1C(=O)O. The first-order chi connectivity index (χ1) is 13.8. The van der Waals surface area contributed by atoms with Crippen LogP contribution in [0.1, 0.15) is 40.9 Å². The Morgan fingerprint density at radius 1 is 1.00 bits per heavy atom. The van der Waals surface area contributed by atoms with Gasteiger partial charge < -0.3 is 14.9 Å². The summed E-state index contributed by atoms with van der Waals surface area (Å²) in [6, 6.07) is 16.1. The average molecular weight is 386 g/mol. The highest BCUT2D eigenvalue weighted by Gasteiger charge is 2.24. The van der Waals surface area contributed by atoms with Crippen molar-refractivity contribution in [3.05, 3.63) is 87.3 Å². The maximum atomic E-state index is 12.1. The predicted molar refractivity (Wildman–Crippen MR) is 113 cm³/mol. The molecule has 0 aromatic heterocycles. The molecule has 0 radical (unpaired) electrons. The monoisotopic (exact) mass is 386 g/mol. The molecule has 2 N–H and O–H groups in total. The lowest BCUT2D eigenvalue weighted by molar-refractivity contribution is 0.0696. The summed E-state index contributed by atoms with van der Waals surface area (Å²) in [7, 11) is 0. The topological polar surface area (TPSA) is 66.8 Å². The number of aromatic carboxylic acids is 1. The van der Waals surface area contributed by atoms with E-state index in [-0.39, 0.29) is 11.3 Å². The second-order valence-corrected chi connectivity index (χ2v) is 7.77. The minimum atomic E-state index is -0.972. The maximum absolute atomic E-state index is 12.1. The number of benzene rings is 3. The van der Waals surface area contributed by atoms with Crippen molar-refractivity contribution in [2.75, 3.05) is 0 Å². The Labute approximate surface area is 169 Å². The Morgan fingerprint density at radius 2 is 1.76 bits per heavy atom. The molecule has 0 saturated heterocycles. The number of phenolic OH excluding ortho intramolecular Hbond substituents is 1. The molecule has 1 aliphatic rings. The zero-order chi connectivity index (χ0) is 20.7. The summed E-state index contributed by atoms with van der Waals surface area (Å²) >= 11 is 0. The highest BCUT2D eigenvalue weighted by atomic mass is 16.5. The molecule has 4 nitrogen and oxygen atoms in total. The maximum Gasteiger partial charge on any atom is 0.336 e. The van der Waals surface area contributed by atoms with E-state index < -0.39 is 5.97 Å². The van der Waals surface area contributed by atoms with Crippen LogP contribution in [0.2, 0.25) is 0 Å². The zero-order valence-electron chi connectivity index (χ0n) is 16.4. The Bertz CT molecular complexity index is 1240. The number of carboxylic acid groups (broad SMARTS) is 1. The van der Waals surface area contributed by atoms with Gasteiger partial charge in [-0.1, -0.05) is 44.7 Å². The molecule has 146 valence electrons. The Hall–Kier alpha value is -3.53. The van der Waals surface area contributed by atoms with Gasteiger partial charge in [0.2, 0.25) is 0 Å². The van der Waals surface area contributed by atoms with Gasteiger partial charge >= 0.3 is 5.97 Å². The molecule has 0 amide bonds. The number of fused-ring (bicyclic) bond motifs is 2. The first-order valence-corrected chi connectivity index (χ1v) is 9.54. The Balaban J connectivity index is 2.05. The highest BCUT2D eigenvalue weighted by Crippen LogP contribution is 2.39. The van der Waals surface area contributed by atoms with Gasteiger partial charge in [0.15, 0.2) is 0 Å². The average Bonchev–Trinajstić information content (AvgIpc) is 2.65. The number of aromatic hydroxyl groups is 1. The fourth-order valence-electron chi connectivity index (χ4n) is 3.80. The number of rotatable bonds is 4. The minimum Gasteiger partial charge on any atom is -0.508 e. The normalized spacial score (nSPS) is 12.3. The van der Waals surface area contributed by atoms with Gasteiger partial charge in [-0.05, 0) is 52.9 Å². The van der Waals surface area contributed by atoms with Crippen molar-refractivity contribution in [2.24, 2.45) is 5.92 Å². The van der Waals surface area contributed by atoms with Crippen LogP contribution in [0.4, 0.5) is 0 Å². The van der Waals surface area contributed by atoms with E-state index in [9.17, 15) is 15.0 Å². The molecule has 3 aromatic carbocycles. The van der Waals surface area contributed by atoms with E-state index in [1.165, 1.54) is 0 Å². The quantitative estimate of drug-likeness (QED) is 0.555. The molecular formula is C25H22O4. The van der Waals surface area contributed by atoms with Gasteiger partial charge in [0.1, 0.15) is 17.2 Å². The van der Waals surface area contributed by atoms with Gasteiger partial charge in [0.25, 0.3) is 0 Å². The number of ether oxygens (including phenoxy) is 1. The third kappa shape index (κ3) is 3.49. The zero-order valence-corrected chi connectivity index (χ0v) is 16.4. The van der Waals surface area contributed by atoms with Crippen molar-refractivity contribution in [2.45, 2.75) is 20.3 Å². The smallest absolute Gasteiger partial charge is 0.336 e. The van der Waals surface area contributed by atoms with Gasteiger partial charge in [0.05, 0.1) is 5.56 Å². The summed E-state index contributed by atoms with van der Waals surface area (Å²) in [5.74, 6) is 0.621. The first kappa shape index (κ1) is 18.8. The summed E-state index contributed by atoms with van der Waals surface area (Å²) in [6.07, 6.45) is 0.810. The summed E-state index contributed by atoms with van der Waals surface area (Å²) in [4.78, 5) is 12.1. The third-order valence-corrected chi connectivity index (χ3v) is 5.00. The van der Waals surface area contributed by atoms with Crippen molar-refractivity contribution in [3.63, 3.8) is 0 Å². The Morgan fingerprint density at radius 3 is 2.48 bits per heavy atom. The van der Waals surface area contributed by atoms with Crippen LogP contribution < -0.4 is 15.2 Å². The molecule has 0 spiro atoms. The number of carbonyl (C=O) groups is 1. The van der Waals surface area contributed by atoms with E-state index in [0.29, 0.717) is 23.0 Å². The standard InChI is InChI=1S/C25H22O4/c1-14(2)10-16-5-8-18(21(12-16)25(27)28)24-19-7-4-15(3)11-22(19)29-23-13-17(26)6-9-20(23)24/h4-9,11-14,26H,3,10H2,1-2H3,(H,27,28). The van der Waals surface area contributed by atoms with Crippen molar-refractivity contribution in [1.29, 1.82) is 0 Å². The summed E-state index contributed by atoms with van der Waals surface area (Å²) in [5.41, 5.74) is 3.39. The lowest BCUT2D eigenvalue weighted by Crippen LogP contribution is -2.20. The van der Waals surface area contributed by atoms with Crippen molar-refractivity contribution < 1.29 is 19.7 Å². The van der Waals surface area contributed by atoms with Crippen LogP contribution in [-0.2, 0) is 6.42 Å². The van der Waals surface area contributed by atoms with Crippen LogP contribution >= 0.6 is 0 Å². The third-order valence-electron chi connectivity index (χ3n) is 5.00. The van der Waals surface area contributed by atoms with Crippen molar-refractivity contribution in [1.82, 2.24) is 0 Å². The molecule has 1 aliphatic heterocycles. The van der Waals surface area contributed by atoms with Crippen LogP contribution in [0.3, 0.4) is 0 Å². The van der Waals surface area contributed by atoms with E-state index in [1.54, 1.807) is 24.3 Å². The molecule has 0 fully saturated rings. The molecule has 29 heavy (non-hydrogen) atoms. The van der Waals surface area contributed by atoms with Crippen LogP contribution in [0.25, 0.3) is 12.2 Å². The fraction of sp³-hybridized carbons (Fsp3) is 0.160. The van der Waals surface area contributed by atoms with E-state index in [2.05, 4.69) is 20.4 Å². The molecule has 4 rings (SSSR count). The highest BCUT2D eigenvalue weighted by molar-refractivity contribution is 5.98. The van der Waals surface area contributed by atoms with E-state index >= 15 is 0 Å². The van der Waals surface area contributed by atoms with Crippen molar-refractivity contribution >= 4 is 18.1 Å². The van der Waals surface area contributed by atoms with Crippen LogP contribution in [0.15, 0.2) is 54.6 Å². The second-order valence-electron chi connectivity index (χ2n) is 7.77. The molecule has 0 saturated carbocycles. The molecule has 0 aliphatic carbocycles. The first-order valence-electron chi connectivity index (χ1n) is 9.54. The molecule has 3 aromatic rings. The second kappa shape index (κ2) is 7.13. The predicted octanol–water partition coefficient (Wildman–Crippen LogP) is 4.05. The molecule has 4 heteroatoms. The number of hydrogen-bond donors (Lipinski definition) is 2. The van der Waals surface area contributed by atoms with Gasteiger partial charge in [0, 0.05) is 22.4 Å². The van der Waals surface area contributed by atoms with Gasteiger partial charge in [-0.3, -0.25) is 0 Å². The molecule has 0 bridgehead atoms. The fourth-order valence-corrected chi connectivity index (χ4v) is 3.80. The lowest BCUT2D eigenvalue weighted by atomic mass is 9.88. The van der Waals surface area contributed by atoms with Gasteiger partial charge in [-0.25, -0.2) is 4.79 Å². The Kier molecular flexibility index (Phi) is 4.63. The van der Waals surface area contributed by atoms with Crippen molar-refractivity contribution in [3.8, 4) is 17.2 Å². The van der Waals surface area contributed by atoms with Crippen LogP contribution in [0.5, 0.6) is 17.2 Å². The molecular weight excluding hydrogens is 364 g/mol. The minimum absolute atomic E-state index is 0.0862. The van der Waals surface area contributed by atoms with E-state index in [1.807, 2.05) is 30.3 Å². The van der Waals surface area contributed by atoms with Crippen LogP contribution in [-0.4, -0.2) is 16.2 Å².